The topological polar surface area (TPSA) is 25.8 Å². The van der Waals surface area contributed by atoms with E-state index in [-0.39, 0.29) is 0 Å². The van der Waals surface area contributed by atoms with Gasteiger partial charge in [0, 0.05) is 11.4 Å². The summed E-state index contributed by atoms with van der Waals surface area (Å²) in [6.07, 6.45) is 2.73. The highest BCUT2D eigenvalue weighted by Gasteiger charge is 2.14. The fraction of sp³-hybridized carbons (Fsp3) is 0.750. The number of rotatable bonds is 3. The van der Waals surface area contributed by atoms with Crippen molar-refractivity contribution in [1.82, 2.24) is 9.97 Å². The van der Waals surface area contributed by atoms with Gasteiger partial charge < -0.3 is 0 Å². The predicted octanol–water partition coefficient (Wildman–Crippen LogP) is 5.34. The van der Waals surface area contributed by atoms with Crippen LogP contribution in [0.25, 0.3) is 0 Å². The molecule has 0 fully saturated rings. The molecule has 18 heavy (non-hydrogen) atoms. The molecule has 0 aromatic carbocycles. The highest BCUT2D eigenvalue weighted by molar-refractivity contribution is 5.28. The van der Waals surface area contributed by atoms with Crippen molar-refractivity contribution >= 4 is 0 Å². The lowest BCUT2D eigenvalue weighted by molar-refractivity contribution is 0.734. The summed E-state index contributed by atoms with van der Waals surface area (Å²) in [7, 11) is 0. The standard InChI is InChI=1S/C12H20N2.2C2H6/c1-6-10-11(8(2)3)13-7-14-12(10)9(4)5;2*1-2/h7-9H,6H2,1-5H3;2*1-2H3. The first-order valence-corrected chi connectivity index (χ1v) is 7.41. The van der Waals surface area contributed by atoms with Crippen molar-refractivity contribution in [1.29, 1.82) is 0 Å². The van der Waals surface area contributed by atoms with E-state index in [0.29, 0.717) is 11.8 Å². The Bertz CT molecular complexity index is 278. The summed E-state index contributed by atoms with van der Waals surface area (Å²) in [5.74, 6) is 0.982. The summed E-state index contributed by atoms with van der Waals surface area (Å²) in [5.41, 5.74) is 3.77. The fourth-order valence-electron chi connectivity index (χ4n) is 1.80. The molecule has 1 aromatic heterocycles. The number of hydrogen-bond donors (Lipinski definition) is 0. The second kappa shape index (κ2) is 11.2. The Labute approximate surface area is 114 Å². The van der Waals surface area contributed by atoms with Crippen molar-refractivity contribution in [2.75, 3.05) is 0 Å². The molecule has 1 aromatic rings. The van der Waals surface area contributed by atoms with Gasteiger partial charge in [-0.1, -0.05) is 62.3 Å². The van der Waals surface area contributed by atoms with E-state index in [4.69, 9.17) is 0 Å². The average Bonchev–Trinajstić information content (AvgIpc) is 2.42. The lowest BCUT2D eigenvalue weighted by Crippen LogP contribution is -2.07. The van der Waals surface area contributed by atoms with Gasteiger partial charge in [-0.25, -0.2) is 9.97 Å². The molecule has 1 heterocycles. The summed E-state index contributed by atoms with van der Waals surface area (Å²) >= 11 is 0. The van der Waals surface area contributed by atoms with Crippen molar-refractivity contribution in [2.24, 2.45) is 0 Å². The molecule has 0 N–H and O–H groups in total. The van der Waals surface area contributed by atoms with E-state index >= 15 is 0 Å². The van der Waals surface area contributed by atoms with E-state index in [0.717, 1.165) is 6.42 Å². The van der Waals surface area contributed by atoms with Gasteiger partial charge in [0.2, 0.25) is 0 Å². The van der Waals surface area contributed by atoms with Gasteiger partial charge in [-0.3, -0.25) is 0 Å². The SMILES string of the molecule is CC.CC.CCc1c(C(C)C)ncnc1C(C)C. The molecule has 106 valence electrons. The van der Waals surface area contributed by atoms with E-state index < -0.39 is 0 Å². The van der Waals surface area contributed by atoms with Crippen LogP contribution in [0.3, 0.4) is 0 Å². The molecule has 1 rings (SSSR count). The molecular formula is C16H32N2. The minimum absolute atomic E-state index is 0.491. The van der Waals surface area contributed by atoms with Crippen molar-refractivity contribution in [3.05, 3.63) is 23.3 Å². The third kappa shape index (κ3) is 5.61. The second-order valence-electron chi connectivity index (χ2n) is 4.29. The molecular weight excluding hydrogens is 220 g/mol. The Balaban J connectivity index is 0. The van der Waals surface area contributed by atoms with Crippen molar-refractivity contribution < 1.29 is 0 Å². The normalized spacial score (nSPS) is 9.50. The van der Waals surface area contributed by atoms with Gasteiger partial charge in [-0.2, -0.15) is 0 Å². The smallest absolute Gasteiger partial charge is 0.115 e. The van der Waals surface area contributed by atoms with Gasteiger partial charge in [-0.05, 0) is 23.8 Å². The zero-order valence-electron chi connectivity index (χ0n) is 13.8. The Kier molecular flexibility index (Phi) is 12.1. The van der Waals surface area contributed by atoms with Crippen LogP contribution < -0.4 is 0 Å². The molecule has 0 aliphatic carbocycles. The Morgan fingerprint density at radius 2 is 1.17 bits per heavy atom. The zero-order valence-corrected chi connectivity index (χ0v) is 13.8. The van der Waals surface area contributed by atoms with E-state index in [1.54, 1.807) is 6.33 Å². The molecule has 0 amide bonds. The Hall–Kier alpha value is -0.920. The quantitative estimate of drug-likeness (QED) is 0.725. The van der Waals surface area contributed by atoms with Crippen LogP contribution in [-0.4, -0.2) is 9.97 Å². The predicted molar refractivity (Wildman–Crippen MR) is 82.3 cm³/mol. The molecule has 0 spiro atoms. The lowest BCUT2D eigenvalue weighted by atomic mass is 9.96. The average molecular weight is 252 g/mol. The summed E-state index contributed by atoms with van der Waals surface area (Å²) in [4.78, 5) is 8.76. The minimum Gasteiger partial charge on any atom is -0.241 e. The van der Waals surface area contributed by atoms with Crippen LogP contribution in [0.4, 0.5) is 0 Å². The van der Waals surface area contributed by atoms with E-state index in [9.17, 15) is 0 Å². The van der Waals surface area contributed by atoms with Crippen LogP contribution in [0.2, 0.25) is 0 Å². The molecule has 0 aliphatic rings. The van der Waals surface area contributed by atoms with E-state index in [2.05, 4.69) is 44.6 Å². The summed E-state index contributed by atoms with van der Waals surface area (Å²) in [6.45, 7) is 18.9. The lowest BCUT2D eigenvalue weighted by Gasteiger charge is -2.15. The summed E-state index contributed by atoms with van der Waals surface area (Å²) < 4.78 is 0. The first-order valence-electron chi connectivity index (χ1n) is 7.41. The molecule has 0 saturated carbocycles. The maximum absolute atomic E-state index is 4.38. The van der Waals surface area contributed by atoms with Crippen molar-refractivity contribution in [3.63, 3.8) is 0 Å². The monoisotopic (exact) mass is 252 g/mol. The van der Waals surface area contributed by atoms with Crippen LogP contribution >= 0.6 is 0 Å². The molecule has 0 radical (unpaired) electrons. The van der Waals surface area contributed by atoms with Gasteiger partial charge >= 0.3 is 0 Å². The molecule has 0 saturated heterocycles. The number of hydrogen-bond acceptors (Lipinski definition) is 2. The van der Waals surface area contributed by atoms with Crippen LogP contribution in [0.15, 0.2) is 6.33 Å². The largest absolute Gasteiger partial charge is 0.241 e. The molecule has 0 atom stereocenters. The van der Waals surface area contributed by atoms with Crippen LogP contribution in [0, 0.1) is 0 Å². The van der Waals surface area contributed by atoms with Crippen LogP contribution in [-0.2, 0) is 6.42 Å². The Morgan fingerprint density at radius 1 is 0.833 bits per heavy atom. The van der Waals surface area contributed by atoms with Gasteiger partial charge in [0.05, 0.1) is 0 Å². The van der Waals surface area contributed by atoms with E-state index in [1.165, 1.54) is 17.0 Å². The Morgan fingerprint density at radius 3 is 1.39 bits per heavy atom. The molecule has 0 aliphatic heterocycles. The number of aromatic nitrogens is 2. The molecule has 2 heteroatoms. The first kappa shape index (κ1) is 19.4. The van der Waals surface area contributed by atoms with Gasteiger partial charge in [0.25, 0.3) is 0 Å². The van der Waals surface area contributed by atoms with Crippen molar-refractivity contribution in [2.45, 2.75) is 80.6 Å². The molecule has 0 unspecified atom stereocenters. The van der Waals surface area contributed by atoms with Crippen LogP contribution in [0.5, 0.6) is 0 Å². The fourth-order valence-corrected chi connectivity index (χ4v) is 1.80. The summed E-state index contributed by atoms with van der Waals surface area (Å²) in [5, 5.41) is 0. The maximum Gasteiger partial charge on any atom is 0.115 e. The number of nitrogens with zero attached hydrogens (tertiary/aromatic N) is 2. The van der Waals surface area contributed by atoms with Crippen LogP contribution in [0.1, 0.15) is 91.1 Å². The van der Waals surface area contributed by atoms with Crippen molar-refractivity contribution in [3.8, 4) is 0 Å². The third-order valence-electron chi connectivity index (χ3n) is 2.46. The van der Waals surface area contributed by atoms with Gasteiger partial charge in [0.1, 0.15) is 6.33 Å². The highest BCUT2D eigenvalue weighted by atomic mass is 14.8. The highest BCUT2D eigenvalue weighted by Crippen LogP contribution is 2.24. The first-order chi connectivity index (χ1) is 8.57. The van der Waals surface area contributed by atoms with Gasteiger partial charge in [-0.15, -0.1) is 0 Å². The molecule has 2 nitrogen and oxygen atoms in total. The zero-order chi connectivity index (χ0) is 14.7. The van der Waals surface area contributed by atoms with Gasteiger partial charge in [0.15, 0.2) is 0 Å². The molecule has 0 bridgehead atoms. The minimum atomic E-state index is 0.491. The maximum atomic E-state index is 4.38. The second-order valence-corrected chi connectivity index (χ2v) is 4.29. The van der Waals surface area contributed by atoms with E-state index in [1.807, 2.05) is 27.7 Å². The third-order valence-corrected chi connectivity index (χ3v) is 2.46. The summed E-state index contributed by atoms with van der Waals surface area (Å²) in [6, 6.07) is 0.